The van der Waals surface area contributed by atoms with Crippen LogP contribution < -0.4 is 4.90 Å². The summed E-state index contributed by atoms with van der Waals surface area (Å²) in [6.45, 7) is 2.45. The largest absolute Gasteiger partial charge is 0.356 e. The summed E-state index contributed by atoms with van der Waals surface area (Å²) < 4.78 is 1.15. The van der Waals surface area contributed by atoms with E-state index in [-0.39, 0.29) is 5.91 Å². The number of anilines is 1. The van der Waals surface area contributed by atoms with Gasteiger partial charge in [0.05, 0.1) is 22.3 Å². The molecule has 4 rings (SSSR count). The number of hydrogen-bond acceptors (Lipinski definition) is 5. The van der Waals surface area contributed by atoms with Crippen LogP contribution in [0.15, 0.2) is 42.6 Å². The van der Waals surface area contributed by atoms with Crippen LogP contribution in [0.3, 0.4) is 0 Å². The van der Waals surface area contributed by atoms with E-state index in [1.165, 1.54) is 0 Å². The summed E-state index contributed by atoms with van der Waals surface area (Å²) in [5.74, 6) is 0.801. The van der Waals surface area contributed by atoms with Gasteiger partial charge in [0.1, 0.15) is 10.8 Å². The quantitative estimate of drug-likeness (QED) is 0.720. The number of rotatable bonds is 4. The highest BCUT2D eigenvalue weighted by Crippen LogP contribution is 2.25. The number of nitrogens with zero attached hydrogens (tertiary/aromatic N) is 4. The molecule has 128 valence electrons. The second-order valence-electron chi connectivity index (χ2n) is 6.31. The summed E-state index contributed by atoms with van der Waals surface area (Å²) in [6.07, 6.45) is 4.08. The molecule has 5 nitrogen and oxygen atoms in total. The van der Waals surface area contributed by atoms with Crippen LogP contribution in [0.1, 0.15) is 28.2 Å². The Morgan fingerprint density at radius 1 is 1.20 bits per heavy atom. The van der Waals surface area contributed by atoms with Crippen LogP contribution in [-0.2, 0) is 6.54 Å². The second-order valence-corrected chi connectivity index (χ2v) is 7.42. The molecule has 0 unspecified atom stereocenters. The van der Waals surface area contributed by atoms with Gasteiger partial charge < -0.3 is 9.80 Å². The molecule has 0 N–H and O–H groups in total. The first kappa shape index (κ1) is 16.0. The minimum absolute atomic E-state index is 0.00532. The molecular weight excluding hydrogens is 332 g/mol. The molecule has 6 heteroatoms. The van der Waals surface area contributed by atoms with Gasteiger partial charge in [0.25, 0.3) is 5.91 Å². The molecule has 0 aliphatic carbocycles. The lowest BCUT2D eigenvalue weighted by molar-refractivity contribution is 0.0785. The fourth-order valence-corrected chi connectivity index (χ4v) is 4.23. The third-order valence-corrected chi connectivity index (χ3v) is 5.50. The predicted molar refractivity (Wildman–Crippen MR) is 101 cm³/mol. The number of carbonyl (C=O) groups excluding carboxylic acids is 1. The van der Waals surface area contributed by atoms with E-state index in [0.29, 0.717) is 12.1 Å². The first-order valence-electron chi connectivity index (χ1n) is 8.52. The van der Waals surface area contributed by atoms with E-state index in [1.807, 2.05) is 37.4 Å². The predicted octanol–water partition coefficient (Wildman–Crippen LogP) is 3.56. The average molecular weight is 352 g/mol. The zero-order chi connectivity index (χ0) is 17.2. The fraction of sp³-hybridized carbons (Fsp3) is 0.316. The van der Waals surface area contributed by atoms with Crippen LogP contribution in [0.4, 0.5) is 5.82 Å². The Bertz CT molecular complexity index is 868. The van der Waals surface area contributed by atoms with Crippen molar-refractivity contribution < 1.29 is 4.79 Å². The van der Waals surface area contributed by atoms with Crippen molar-refractivity contribution in [2.75, 3.05) is 25.0 Å². The molecule has 0 atom stereocenters. The molecule has 1 aliphatic rings. The topological polar surface area (TPSA) is 49.3 Å². The van der Waals surface area contributed by atoms with Gasteiger partial charge in [0.2, 0.25) is 0 Å². The van der Waals surface area contributed by atoms with Crippen molar-refractivity contribution in [2.45, 2.75) is 19.4 Å². The van der Waals surface area contributed by atoms with E-state index in [1.54, 1.807) is 22.4 Å². The number of pyridine rings is 1. The Kier molecular flexibility index (Phi) is 4.36. The lowest BCUT2D eigenvalue weighted by atomic mass is 10.2. The molecule has 0 saturated carbocycles. The van der Waals surface area contributed by atoms with Gasteiger partial charge in [-0.1, -0.05) is 12.1 Å². The van der Waals surface area contributed by atoms with Crippen molar-refractivity contribution in [1.82, 2.24) is 14.9 Å². The summed E-state index contributed by atoms with van der Waals surface area (Å²) in [4.78, 5) is 26.0. The zero-order valence-corrected chi connectivity index (χ0v) is 15.0. The van der Waals surface area contributed by atoms with Crippen molar-refractivity contribution in [2.24, 2.45) is 0 Å². The van der Waals surface area contributed by atoms with Gasteiger partial charge in [-0.25, -0.2) is 9.97 Å². The summed E-state index contributed by atoms with van der Waals surface area (Å²) in [5, 5.41) is 0.948. The van der Waals surface area contributed by atoms with Crippen molar-refractivity contribution >= 4 is 33.3 Å². The molecule has 2 aromatic heterocycles. The third-order valence-electron chi connectivity index (χ3n) is 4.48. The molecule has 1 fully saturated rings. The van der Waals surface area contributed by atoms with Gasteiger partial charge in [-0.2, -0.15) is 0 Å². The van der Waals surface area contributed by atoms with Gasteiger partial charge in [-0.15, -0.1) is 11.3 Å². The molecular formula is C19H20N4OS. The maximum absolute atomic E-state index is 13.0. The lowest BCUT2D eigenvalue weighted by Gasteiger charge is -2.22. The third kappa shape index (κ3) is 3.22. The van der Waals surface area contributed by atoms with Crippen LogP contribution in [0.2, 0.25) is 0 Å². The van der Waals surface area contributed by atoms with Crippen LogP contribution in [0, 0.1) is 0 Å². The van der Waals surface area contributed by atoms with Crippen LogP contribution >= 0.6 is 11.3 Å². The first-order valence-corrected chi connectivity index (χ1v) is 9.34. The number of aromatic nitrogens is 2. The van der Waals surface area contributed by atoms with Gasteiger partial charge in [-0.05, 0) is 37.1 Å². The van der Waals surface area contributed by atoms with Crippen LogP contribution in [-0.4, -0.2) is 40.9 Å². The number of fused-ring (bicyclic) bond motifs is 1. The normalized spacial score (nSPS) is 14.2. The number of carbonyl (C=O) groups is 1. The standard InChI is InChI=1S/C19H20N4OS/c1-22(13-17-21-15-8-2-3-9-16(15)25-17)19(24)14-7-6-10-20-18(14)23-11-4-5-12-23/h2-3,6-10H,4-5,11-13H2,1H3. The van der Waals surface area contributed by atoms with Gasteiger partial charge in [-0.3, -0.25) is 4.79 Å². The Morgan fingerprint density at radius 3 is 2.80 bits per heavy atom. The SMILES string of the molecule is CN(Cc1nc2ccccc2s1)C(=O)c1cccnc1N1CCCC1. The molecule has 25 heavy (non-hydrogen) atoms. The highest BCUT2D eigenvalue weighted by atomic mass is 32.1. The van der Waals surface area contributed by atoms with E-state index >= 15 is 0 Å². The summed E-state index contributed by atoms with van der Waals surface area (Å²) in [5.41, 5.74) is 1.66. The molecule has 1 aromatic carbocycles. The highest BCUT2D eigenvalue weighted by molar-refractivity contribution is 7.18. The van der Waals surface area contributed by atoms with E-state index in [2.05, 4.69) is 20.9 Å². The van der Waals surface area contributed by atoms with Crippen LogP contribution in [0.25, 0.3) is 10.2 Å². The number of thiazole rings is 1. The van der Waals surface area contributed by atoms with Crippen molar-refractivity contribution in [3.8, 4) is 0 Å². The summed E-state index contributed by atoms with van der Waals surface area (Å²) in [6, 6.07) is 11.8. The highest BCUT2D eigenvalue weighted by Gasteiger charge is 2.23. The molecule has 1 aliphatic heterocycles. The maximum atomic E-state index is 13.0. The van der Waals surface area contributed by atoms with Crippen molar-refractivity contribution in [3.05, 3.63) is 53.2 Å². The summed E-state index contributed by atoms with van der Waals surface area (Å²) >= 11 is 1.64. The molecule has 0 radical (unpaired) electrons. The Morgan fingerprint density at radius 2 is 2.00 bits per heavy atom. The van der Waals surface area contributed by atoms with E-state index in [0.717, 1.165) is 47.0 Å². The molecule has 0 spiro atoms. The Balaban J connectivity index is 1.56. The number of benzene rings is 1. The molecule has 1 amide bonds. The first-order chi connectivity index (χ1) is 12.2. The van der Waals surface area contributed by atoms with E-state index in [4.69, 9.17) is 0 Å². The Labute approximate surface area is 150 Å². The number of para-hydroxylation sites is 1. The average Bonchev–Trinajstić information content (AvgIpc) is 3.30. The lowest BCUT2D eigenvalue weighted by Crippen LogP contribution is -2.29. The fourth-order valence-electron chi connectivity index (χ4n) is 3.21. The monoisotopic (exact) mass is 352 g/mol. The molecule has 1 saturated heterocycles. The maximum Gasteiger partial charge on any atom is 0.257 e. The minimum atomic E-state index is -0.00532. The zero-order valence-electron chi connectivity index (χ0n) is 14.2. The molecule has 3 heterocycles. The van der Waals surface area contributed by atoms with Crippen molar-refractivity contribution in [3.63, 3.8) is 0 Å². The van der Waals surface area contributed by atoms with Gasteiger partial charge >= 0.3 is 0 Å². The molecule has 0 bridgehead atoms. The van der Waals surface area contributed by atoms with Crippen LogP contribution in [0.5, 0.6) is 0 Å². The minimum Gasteiger partial charge on any atom is -0.356 e. The van der Waals surface area contributed by atoms with Gasteiger partial charge in [0.15, 0.2) is 0 Å². The Hall–Kier alpha value is -2.47. The van der Waals surface area contributed by atoms with Gasteiger partial charge in [0, 0.05) is 26.3 Å². The molecule has 3 aromatic rings. The second kappa shape index (κ2) is 6.80. The van der Waals surface area contributed by atoms with Crippen molar-refractivity contribution in [1.29, 1.82) is 0 Å². The number of hydrogen-bond donors (Lipinski definition) is 0. The smallest absolute Gasteiger partial charge is 0.257 e. The van der Waals surface area contributed by atoms with E-state index in [9.17, 15) is 4.79 Å². The number of amides is 1. The summed E-state index contributed by atoms with van der Waals surface area (Å²) in [7, 11) is 1.83. The van der Waals surface area contributed by atoms with E-state index < -0.39 is 0 Å².